The molecule has 1 amide bonds. The van der Waals surface area contributed by atoms with E-state index in [0.29, 0.717) is 5.56 Å². The number of thiophene rings is 1. The molecule has 1 aromatic heterocycles. The number of carbonyl (C=O) groups is 2. The lowest BCUT2D eigenvalue weighted by molar-refractivity contribution is -0.118. The van der Waals surface area contributed by atoms with Crippen molar-refractivity contribution in [2.75, 3.05) is 13.1 Å². The molecule has 0 aromatic carbocycles. The Morgan fingerprint density at radius 1 is 1.43 bits per heavy atom. The summed E-state index contributed by atoms with van der Waals surface area (Å²) >= 11 is 0.845. The number of hydrogen-bond acceptors (Lipinski definition) is 5. The predicted molar refractivity (Wildman–Crippen MR) is 78.8 cm³/mol. The van der Waals surface area contributed by atoms with Crippen molar-refractivity contribution in [3.8, 4) is 0 Å². The van der Waals surface area contributed by atoms with Gasteiger partial charge in [-0.1, -0.05) is 13.8 Å². The van der Waals surface area contributed by atoms with Crippen molar-refractivity contribution in [2.45, 2.75) is 25.7 Å². The number of sulfonamides is 1. The Kier molecular flexibility index (Phi) is 5.48. The van der Waals surface area contributed by atoms with Crippen LogP contribution in [-0.2, 0) is 14.8 Å². The first kappa shape index (κ1) is 17.6. The van der Waals surface area contributed by atoms with E-state index in [1.54, 1.807) is 13.8 Å². The Labute approximate surface area is 127 Å². The van der Waals surface area contributed by atoms with Crippen LogP contribution in [0.2, 0.25) is 0 Å². The third-order valence-corrected chi connectivity index (χ3v) is 5.83. The van der Waals surface area contributed by atoms with Crippen LogP contribution in [0.1, 0.15) is 29.1 Å². The lowest BCUT2D eigenvalue weighted by Crippen LogP contribution is -2.41. The molecule has 0 atom stereocenters. The van der Waals surface area contributed by atoms with Crippen LogP contribution in [0.3, 0.4) is 0 Å². The SMILES string of the molecule is Cc1csc(C(=O)O)c1S(=O)(=O)N(CC(N)=O)CC(C)C. The number of nitrogens with zero attached hydrogens (tertiary/aromatic N) is 1. The predicted octanol–water partition coefficient (Wildman–Crippen LogP) is 0.887. The highest BCUT2D eigenvalue weighted by Crippen LogP contribution is 2.29. The highest BCUT2D eigenvalue weighted by Gasteiger charge is 2.33. The first-order valence-electron chi connectivity index (χ1n) is 6.17. The van der Waals surface area contributed by atoms with Crippen molar-refractivity contribution in [1.29, 1.82) is 0 Å². The van der Waals surface area contributed by atoms with E-state index in [1.165, 1.54) is 12.3 Å². The second-order valence-corrected chi connectivity index (χ2v) is 7.79. The molecule has 21 heavy (non-hydrogen) atoms. The number of carboxylic acids is 1. The molecule has 1 heterocycles. The van der Waals surface area contributed by atoms with Gasteiger partial charge in [-0.3, -0.25) is 4.79 Å². The number of carboxylic acid groups (broad SMARTS) is 1. The van der Waals surface area contributed by atoms with Crippen LogP contribution in [0.15, 0.2) is 10.3 Å². The summed E-state index contributed by atoms with van der Waals surface area (Å²) in [5.41, 5.74) is 5.44. The molecule has 3 N–H and O–H groups in total. The summed E-state index contributed by atoms with van der Waals surface area (Å²) < 4.78 is 26.3. The summed E-state index contributed by atoms with van der Waals surface area (Å²) in [4.78, 5) is 21.8. The fourth-order valence-electron chi connectivity index (χ4n) is 1.86. The molecule has 7 nitrogen and oxygen atoms in total. The Morgan fingerprint density at radius 3 is 2.43 bits per heavy atom. The minimum Gasteiger partial charge on any atom is -0.477 e. The molecule has 0 fully saturated rings. The minimum absolute atomic E-state index is 0.0358. The monoisotopic (exact) mass is 334 g/mol. The number of rotatable bonds is 7. The first-order chi connectivity index (χ1) is 9.57. The topological polar surface area (TPSA) is 118 Å². The Bertz CT molecular complexity index is 649. The van der Waals surface area contributed by atoms with Crippen LogP contribution in [0.5, 0.6) is 0 Å². The molecule has 0 aliphatic heterocycles. The van der Waals surface area contributed by atoms with Gasteiger partial charge < -0.3 is 10.8 Å². The largest absolute Gasteiger partial charge is 0.477 e. The van der Waals surface area contributed by atoms with E-state index in [9.17, 15) is 18.0 Å². The average Bonchev–Trinajstić information content (AvgIpc) is 2.69. The van der Waals surface area contributed by atoms with Gasteiger partial charge in [-0.05, 0) is 23.8 Å². The maximum Gasteiger partial charge on any atom is 0.347 e. The molecule has 1 rings (SSSR count). The number of hydrogen-bond donors (Lipinski definition) is 2. The van der Waals surface area contributed by atoms with Crippen molar-refractivity contribution < 1.29 is 23.1 Å². The van der Waals surface area contributed by atoms with E-state index >= 15 is 0 Å². The lowest BCUT2D eigenvalue weighted by Gasteiger charge is -2.23. The van der Waals surface area contributed by atoms with Gasteiger partial charge in [0.1, 0.15) is 9.77 Å². The standard InChI is InChI=1S/C12H18N2O5S2/c1-7(2)4-14(5-9(13)15)21(18,19)11-8(3)6-20-10(11)12(16)17/h6-7H,4-5H2,1-3H3,(H2,13,15)(H,16,17). The fraction of sp³-hybridized carbons (Fsp3) is 0.500. The summed E-state index contributed by atoms with van der Waals surface area (Å²) in [7, 11) is -4.09. The van der Waals surface area contributed by atoms with Crippen LogP contribution in [-0.4, -0.2) is 42.8 Å². The number of carbonyl (C=O) groups excluding carboxylic acids is 1. The zero-order valence-corrected chi connectivity index (χ0v) is 13.6. The molecule has 9 heteroatoms. The van der Waals surface area contributed by atoms with E-state index in [1.807, 2.05) is 0 Å². The van der Waals surface area contributed by atoms with Gasteiger partial charge >= 0.3 is 5.97 Å². The van der Waals surface area contributed by atoms with Crippen LogP contribution in [0.4, 0.5) is 0 Å². The Balaban J connectivity index is 3.38. The van der Waals surface area contributed by atoms with Crippen LogP contribution in [0.25, 0.3) is 0 Å². The third-order valence-electron chi connectivity index (χ3n) is 2.61. The van der Waals surface area contributed by atoms with E-state index < -0.39 is 28.4 Å². The van der Waals surface area contributed by atoms with Gasteiger partial charge in [0.05, 0.1) is 6.54 Å². The molecule has 0 unspecified atom stereocenters. The van der Waals surface area contributed by atoms with Crippen molar-refractivity contribution in [2.24, 2.45) is 11.7 Å². The molecule has 0 spiro atoms. The Hall–Kier alpha value is -1.45. The summed E-state index contributed by atoms with van der Waals surface area (Å²) in [6.07, 6.45) is 0. The second-order valence-electron chi connectivity index (χ2n) is 5.04. The molecule has 0 saturated carbocycles. The van der Waals surface area contributed by atoms with Gasteiger partial charge in [0.25, 0.3) is 0 Å². The zero-order chi connectivity index (χ0) is 16.4. The highest BCUT2D eigenvalue weighted by molar-refractivity contribution is 7.89. The summed E-state index contributed by atoms with van der Waals surface area (Å²) in [5, 5.41) is 10.6. The van der Waals surface area contributed by atoms with E-state index in [4.69, 9.17) is 10.8 Å². The van der Waals surface area contributed by atoms with Crippen molar-refractivity contribution in [1.82, 2.24) is 4.31 Å². The summed E-state index contributed by atoms with van der Waals surface area (Å²) in [6.45, 7) is 4.71. The normalized spacial score (nSPS) is 12.0. The average molecular weight is 334 g/mol. The van der Waals surface area contributed by atoms with E-state index in [2.05, 4.69) is 0 Å². The number of primary amides is 1. The van der Waals surface area contributed by atoms with E-state index in [-0.39, 0.29) is 22.2 Å². The highest BCUT2D eigenvalue weighted by atomic mass is 32.2. The third kappa shape index (κ3) is 4.02. The molecule has 0 aliphatic rings. The number of amides is 1. The van der Waals surface area contributed by atoms with Crippen LogP contribution in [0, 0.1) is 12.8 Å². The van der Waals surface area contributed by atoms with E-state index in [0.717, 1.165) is 15.6 Å². The van der Waals surface area contributed by atoms with Crippen molar-refractivity contribution in [3.63, 3.8) is 0 Å². The van der Waals surface area contributed by atoms with Gasteiger partial charge in [0.15, 0.2) is 0 Å². The second kappa shape index (κ2) is 6.54. The molecule has 0 saturated heterocycles. The fourth-order valence-corrected chi connectivity index (χ4v) is 5.01. The molecular weight excluding hydrogens is 316 g/mol. The van der Waals surface area contributed by atoms with Crippen LogP contribution < -0.4 is 5.73 Å². The molecule has 1 aromatic rings. The number of nitrogens with two attached hydrogens (primary N) is 1. The van der Waals surface area contributed by atoms with Crippen molar-refractivity contribution in [3.05, 3.63) is 15.8 Å². The molecular formula is C12H18N2O5S2. The smallest absolute Gasteiger partial charge is 0.347 e. The molecule has 0 radical (unpaired) electrons. The van der Waals surface area contributed by atoms with Gasteiger partial charge in [-0.25, -0.2) is 13.2 Å². The minimum atomic E-state index is -4.09. The van der Waals surface area contributed by atoms with Crippen LogP contribution >= 0.6 is 11.3 Å². The quantitative estimate of drug-likeness (QED) is 0.767. The maximum atomic E-state index is 12.7. The Morgan fingerprint density at radius 2 is 2.00 bits per heavy atom. The summed E-state index contributed by atoms with van der Waals surface area (Å²) in [6, 6.07) is 0. The number of aromatic carboxylic acids is 1. The van der Waals surface area contributed by atoms with Gasteiger partial charge in [-0.2, -0.15) is 4.31 Å². The summed E-state index contributed by atoms with van der Waals surface area (Å²) in [5.74, 6) is -2.13. The first-order valence-corrected chi connectivity index (χ1v) is 8.49. The number of aryl methyl sites for hydroxylation is 1. The van der Waals surface area contributed by atoms with Gasteiger partial charge in [0, 0.05) is 6.54 Å². The van der Waals surface area contributed by atoms with Gasteiger partial charge in [-0.15, -0.1) is 11.3 Å². The zero-order valence-electron chi connectivity index (χ0n) is 12.0. The lowest BCUT2D eigenvalue weighted by atomic mass is 10.2. The van der Waals surface area contributed by atoms with Crippen molar-refractivity contribution >= 4 is 33.2 Å². The maximum absolute atomic E-state index is 12.7. The molecule has 0 bridgehead atoms. The van der Waals surface area contributed by atoms with Gasteiger partial charge in [0.2, 0.25) is 15.9 Å². The molecule has 0 aliphatic carbocycles. The molecule has 118 valence electrons.